The lowest BCUT2D eigenvalue weighted by Crippen LogP contribution is -2.55. The Morgan fingerprint density at radius 1 is 0.282 bits per heavy atom. The zero-order valence-corrected chi connectivity index (χ0v) is 28.8. The standard InChI is InChI=1S/C38H80N/c1-7-11-15-19-23-27-31-35-37(33-29-25-21-17-13-9-3)39(5,6)38(34-30-26-22-18-14-10-4)36-32-28-24-20-16-12-8-2/h37-38H,7-36H2,1-6H3/q+1. The molecule has 0 amide bonds. The Morgan fingerprint density at radius 3 is 0.667 bits per heavy atom. The predicted octanol–water partition coefficient (Wildman–Crippen LogP) is 13.6. The third-order valence-corrected chi connectivity index (χ3v) is 9.95. The highest BCUT2D eigenvalue weighted by Gasteiger charge is 2.35. The summed E-state index contributed by atoms with van der Waals surface area (Å²) in [6, 6.07) is 1.75. The molecule has 2 atom stereocenters. The number of hydrogen-bond donors (Lipinski definition) is 0. The van der Waals surface area contributed by atoms with Crippen molar-refractivity contribution in [2.45, 2.75) is 232 Å². The summed E-state index contributed by atoms with van der Waals surface area (Å²) in [5.74, 6) is 0. The lowest BCUT2D eigenvalue weighted by Gasteiger charge is -2.45. The molecule has 0 aliphatic heterocycles. The van der Waals surface area contributed by atoms with Gasteiger partial charge < -0.3 is 4.48 Å². The average Bonchev–Trinajstić information content (AvgIpc) is 2.93. The maximum Gasteiger partial charge on any atom is 0.0888 e. The first-order valence-electron chi connectivity index (χ1n) is 18.9. The molecule has 0 bridgehead atoms. The molecule has 0 spiro atoms. The van der Waals surface area contributed by atoms with Crippen LogP contribution in [-0.2, 0) is 0 Å². The first-order valence-corrected chi connectivity index (χ1v) is 18.9. The van der Waals surface area contributed by atoms with Gasteiger partial charge in [-0.25, -0.2) is 0 Å². The lowest BCUT2D eigenvalue weighted by atomic mass is 9.91. The molecular formula is C38H80N+. The Kier molecular flexibility index (Phi) is 29.4. The average molecular weight is 551 g/mol. The molecular weight excluding hydrogens is 470 g/mol. The van der Waals surface area contributed by atoms with Crippen LogP contribution >= 0.6 is 0 Å². The van der Waals surface area contributed by atoms with E-state index < -0.39 is 0 Å². The largest absolute Gasteiger partial charge is 0.324 e. The van der Waals surface area contributed by atoms with Crippen LogP contribution in [0.3, 0.4) is 0 Å². The SMILES string of the molecule is CCCCCCCCCC(CCCCCCCC)[N+](C)(C)C(CCCCCCCC)CCCCCCCCC. The molecule has 0 aromatic heterocycles. The molecule has 236 valence electrons. The molecule has 1 nitrogen and oxygen atoms in total. The van der Waals surface area contributed by atoms with Crippen LogP contribution in [0.1, 0.15) is 220 Å². The molecule has 2 unspecified atom stereocenters. The van der Waals surface area contributed by atoms with Gasteiger partial charge in [0.15, 0.2) is 0 Å². The van der Waals surface area contributed by atoms with E-state index in [0.717, 1.165) is 12.1 Å². The fourth-order valence-electron chi connectivity index (χ4n) is 6.91. The molecule has 0 heterocycles. The molecule has 0 rings (SSSR count). The van der Waals surface area contributed by atoms with Crippen LogP contribution in [0.4, 0.5) is 0 Å². The summed E-state index contributed by atoms with van der Waals surface area (Å²) >= 11 is 0. The quantitative estimate of drug-likeness (QED) is 0.0577. The lowest BCUT2D eigenvalue weighted by molar-refractivity contribution is -0.940. The minimum atomic E-state index is 0.876. The molecule has 0 N–H and O–H groups in total. The van der Waals surface area contributed by atoms with Crippen molar-refractivity contribution in [2.24, 2.45) is 0 Å². The van der Waals surface area contributed by atoms with Gasteiger partial charge in [-0.1, -0.05) is 169 Å². The summed E-state index contributed by atoms with van der Waals surface area (Å²) < 4.78 is 1.32. The zero-order chi connectivity index (χ0) is 28.9. The Hall–Kier alpha value is -0.0400. The maximum absolute atomic E-state index is 2.66. The topological polar surface area (TPSA) is 0 Å². The fraction of sp³-hybridized carbons (Fsp3) is 1.00. The third-order valence-electron chi connectivity index (χ3n) is 9.95. The summed E-state index contributed by atoms with van der Waals surface area (Å²) in [5, 5.41) is 0. The highest BCUT2D eigenvalue weighted by Crippen LogP contribution is 2.30. The molecule has 0 radical (unpaired) electrons. The van der Waals surface area contributed by atoms with Crippen molar-refractivity contribution in [2.75, 3.05) is 14.1 Å². The van der Waals surface area contributed by atoms with Gasteiger partial charge >= 0.3 is 0 Å². The monoisotopic (exact) mass is 551 g/mol. The second-order valence-electron chi connectivity index (χ2n) is 13.9. The van der Waals surface area contributed by atoms with Gasteiger partial charge in [-0.15, -0.1) is 0 Å². The van der Waals surface area contributed by atoms with Gasteiger partial charge in [0.25, 0.3) is 0 Å². The van der Waals surface area contributed by atoms with Gasteiger partial charge in [-0.05, 0) is 51.4 Å². The van der Waals surface area contributed by atoms with E-state index in [2.05, 4.69) is 41.8 Å². The van der Waals surface area contributed by atoms with E-state index in [1.807, 2.05) is 0 Å². The molecule has 0 aromatic rings. The molecule has 39 heavy (non-hydrogen) atoms. The van der Waals surface area contributed by atoms with Gasteiger partial charge in [0, 0.05) is 0 Å². The van der Waals surface area contributed by atoms with Crippen LogP contribution in [-0.4, -0.2) is 30.7 Å². The predicted molar refractivity (Wildman–Crippen MR) is 181 cm³/mol. The van der Waals surface area contributed by atoms with Crippen molar-refractivity contribution in [3.05, 3.63) is 0 Å². The summed E-state index contributed by atoms with van der Waals surface area (Å²) in [4.78, 5) is 0. The van der Waals surface area contributed by atoms with E-state index in [4.69, 9.17) is 0 Å². The Balaban J connectivity index is 5.04. The first-order chi connectivity index (χ1) is 19.0. The van der Waals surface area contributed by atoms with Crippen LogP contribution in [0.25, 0.3) is 0 Å². The minimum absolute atomic E-state index is 0.876. The second-order valence-corrected chi connectivity index (χ2v) is 13.9. The van der Waals surface area contributed by atoms with Crippen molar-refractivity contribution in [3.8, 4) is 0 Å². The highest BCUT2D eigenvalue weighted by molar-refractivity contribution is 4.68. The van der Waals surface area contributed by atoms with Crippen LogP contribution < -0.4 is 0 Å². The zero-order valence-electron chi connectivity index (χ0n) is 28.8. The highest BCUT2D eigenvalue weighted by atomic mass is 15.4. The van der Waals surface area contributed by atoms with Crippen molar-refractivity contribution in [3.63, 3.8) is 0 Å². The van der Waals surface area contributed by atoms with E-state index in [1.54, 1.807) is 0 Å². The molecule has 0 aliphatic rings. The molecule has 0 saturated carbocycles. The number of hydrogen-bond acceptors (Lipinski definition) is 0. The molecule has 0 fully saturated rings. The van der Waals surface area contributed by atoms with Crippen LogP contribution in [0.5, 0.6) is 0 Å². The van der Waals surface area contributed by atoms with Crippen LogP contribution in [0, 0.1) is 0 Å². The van der Waals surface area contributed by atoms with E-state index in [9.17, 15) is 0 Å². The van der Waals surface area contributed by atoms with E-state index in [1.165, 1.54) is 197 Å². The van der Waals surface area contributed by atoms with Crippen molar-refractivity contribution in [1.82, 2.24) is 0 Å². The van der Waals surface area contributed by atoms with Crippen molar-refractivity contribution in [1.29, 1.82) is 0 Å². The maximum atomic E-state index is 2.66. The Morgan fingerprint density at radius 2 is 0.462 bits per heavy atom. The van der Waals surface area contributed by atoms with Crippen LogP contribution in [0.15, 0.2) is 0 Å². The van der Waals surface area contributed by atoms with Crippen LogP contribution in [0.2, 0.25) is 0 Å². The van der Waals surface area contributed by atoms with Gasteiger partial charge in [0.2, 0.25) is 0 Å². The summed E-state index contributed by atoms with van der Waals surface area (Å²) in [5.41, 5.74) is 0. The van der Waals surface area contributed by atoms with Gasteiger partial charge in [0.1, 0.15) is 0 Å². The Labute approximate surface area is 250 Å². The summed E-state index contributed by atoms with van der Waals surface area (Å²) in [7, 11) is 5.32. The van der Waals surface area contributed by atoms with Gasteiger partial charge in [-0.2, -0.15) is 0 Å². The molecule has 0 aromatic carbocycles. The van der Waals surface area contributed by atoms with E-state index in [-0.39, 0.29) is 0 Å². The second kappa shape index (κ2) is 29.5. The number of unbranched alkanes of at least 4 members (excludes halogenated alkanes) is 22. The molecule has 0 saturated heterocycles. The number of rotatable bonds is 32. The molecule has 1 heteroatoms. The van der Waals surface area contributed by atoms with Crippen molar-refractivity contribution < 1.29 is 4.48 Å². The van der Waals surface area contributed by atoms with Gasteiger partial charge in [0.05, 0.1) is 26.2 Å². The van der Waals surface area contributed by atoms with E-state index >= 15 is 0 Å². The fourth-order valence-corrected chi connectivity index (χ4v) is 6.91. The number of nitrogens with zero attached hydrogens (tertiary/aromatic N) is 1. The molecule has 0 aliphatic carbocycles. The first kappa shape index (κ1) is 39.0. The third kappa shape index (κ3) is 23.2. The normalized spacial score (nSPS) is 13.7. The smallest absolute Gasteiger partial charge is 0.0888 e. The van der Waals surface area contributed by atoms with Gasteiger partial charge in [-0.3, -0.25) is 0 Å². The minimum Gasteiger partial charge on any atom is -0.324 e. The van der Waals surface area contributed by atoms with E-state index in [0.29, 0.717) is 0 Å². The van der Waals surface area contributed by atoms with Crippen molar-refractivity contribution >= 4 is 0 Å². The Bertz CT molecular complexity index is 416. The summed E-state index contributed by atoms with van der Waals surface area (Å²) in [6.45, 7) is 9.35. The summed E-state index contributed by atoms with van der Waals surface area (Å²) in [6.07, 6.45) is 43.4. The number of quaternary nitrogens is 1.